The van der Waals surface area contributed by atoms with Gasteiger partial charge in [0.1, 0.15) is 5.75 Å². The maximum absolute atomic E-state index is 12.2. The molecule has 98 valence electrons. The zero-order chi connectivity index (χ0) is 12.5. The SMILES string of the molecule is Cc1ccc([C@@H](N)[C@@H](O)C(F)(F)F)c(O)c1.Cl. The van der Waals surface area contributed by atoms with Crippen LogP contribution in [-0.4, -0.2) is 22.5 Å². The van der Waals surface area contributed by atoms with Gasteiger partial charge in [0.25, 0.3) is 0 Å². The van der Waals surface area contributed by atoms with E-state index in [1.807, 2.05) is 0 Å². The molecule has 2 atom stereocenters. The summed E-state index contributed by atoms with van der Waals surface area (Å²) in [6.45, 7) is 1.68. The number of phenols is 1. The lowest BCUT2D eigenvalue weighted by Crippen LogP contribution is -2.38. The number of aryl methyl sites for hydroxylation is 1. The van der Waals surface area contributed by atoms with Crippen LogP contribution in [0.3, 0.4) is 0 Å². The minimum atomic E-state index is -4.81. The highest BCUT2D eigenvalue weighted by atomic mass is 35.5. The highest BCUT2D eigenvalue weighted by molar-refractivity contribution is 5.85. The normalized spacial score (nSPS) is 14.9. The number of phenolic OH excluding ortho intramolecular Hbond substituents is 1. The van der Waals surface area contributed by atoms with Crippen molar-refractivity contribution in [1.82, 2.24) is 0 Å². The molecule has 0 spiro atoms. The first-order valence-corrected chi connectivity index (χ1v) is 4.53. The van der Waals surface area contributed by atoms with Crippen molar-refractivity contribution in [1.29, 1.82) is 0 Å². The van der Waals surface area contributed by atoms with Gasteiger partial charge in [-0.2, -0.15) is 13.2 Å². The fraction of sp³-hybridized carbons (Fsp3) is 0.400. The predicted octanol–water partition coefficient (Wildman–Crippen LogP) is 2.05. The average molecular weight is 272 g/mol. The Kier molecular flexibility index (Phi) is 5.25. The van der Waals surface area contributed by atoms with Crippen LogP contribution in [0, 0.1) is 6.92 Å². The van der Waals surface area contributed by atoms with Crippen molar-refractivity contribution < 1.29 is 23.4 Å². The van der Waals surface area contributed by atoms with E-state index in [1.165, 1.54) is 18.2 Å². The van der Waals surface area contributed by atoms with Crippen molar-refractivity contribution in [3.63, 3.8) is 0 Å². The summed E-state index contributed by atoms with van der Waals surface area (Å²) in [6.07, 6.45) is -7.50. The topological polar surface area (TPSA) is 66.5 Å². The molecule has 0 aromatic heterocycles. The number of aliphatic hydroxyl groups is 1. The van der Waals surface area contributed by atoms with Gasteiger partial charge < -0.3 is 15.9 Å². The maximum atomic E-state index is 12.2. The van der Waals surface area contributed by atoms with E-state index in [0.29, 0.717) is 5.56 Å². The molecule has 0 radical (unpaired) electrons. The predicted molar refractivity (Wildman–Crippen MR) is 59.1 cm³/mol. The molecule has 0 saturated carbocycles. The lowest BCUT2D eigenvalue weighted by Gasteiger charge is -2.22. The van der Waals surface area contributed by atoms with Crippen molar-refractivity contribution in [2.24, 2.45) is 5.73 Å². The minimum Gasteiger partial charge on any atom is -0.508 e. The zero-order valence-electron chi connectivity index (χ0n) is 8.90. The molecule has 0 fully saturated rings. The molecule has 0 aliphatic heterocycles. The number of nitrogens with two attached hydrogens (primary N) is 1. The molecule has 0 aliphatic carbocycles. The minimum absolute atomic E-state index is 0. The molecule has 17 heavy (non-hydrogen) atoms. The van der Waals surface area contributed by atoms with E-state index < -0.39 is 18.3 Å². The van der Waals surface area contributed by atoms with Crippen LogP contribution in [-0.2, 0) is 0 Å². The Morgan fingerprint density at radius 3 is 2.24 bits per heavy atom. The first-order chi connectivity index (χ1) is 7.23. The van der Waals surface area contributed by atoms with Gasteiger partial charge in [-0.1, -0.05) is 12.1 Å². The largest absolute Gasteiger partial charge is 0.508 e. The molecule has 1 aromatic rings. The summed E-state index contributed by atoms with van der Waals surface area (Å²) in [7, 11) is 0. The van der Waals surface area contributed by atoms with Crippen LogP contribution < -0.4 is 5.73 Å². The summed E-state index contributed by atoms with van der Waals surface area (Å²) in [5.74, 6) is -0.351. The molecule has 1 aromatic carbocycles. The number of rotatable bonds is 2. The first kappa shape index (κ1) is 16.0. The second-order valence-corrected chi connectivity index (χ2v) is 3.57. The first-order valence-electron chi connectivity index (χ1n) is 4.53. The average Bonchev–Trinajstić information content (AvgIpc) is 2.14. The van der Waals surface area contributed by atoms with Crippen LogP contribution in [0.4, 0.5) is 13.2 Å². The summed E-state index contributed by atoms with van der Waals surface area (Å²) in [4.78, 5) is 0. The van der Waals surface area contributed by atoms with Gasteiger partial charge in [0.2, 0.25) is 0 Å². The monoisotopic (exact) mass is 271 g/mol. The number of benzene rings is 1. The van der Waals surface area contributed by atoms with E-state index in [0.717, 1.165) is 0 Å². The molecule has 3 nitrogen and oxygen atoms in total. The Labute approximate surface area is 102 Å². The Balaban J connectivity index is 0.00000256. The van der Waals surface area contributed by atoms with Crippen molar-refractivity contribution in [3.8, 4) is 5.75 Å². The summed E-state index contributed by atoms with van der Waals surface area (Å²) < 4.78 is 36.6. The van der Waals surface area contributed by atoms with Crippen molar-refractivity contribution in [2.75, 3.05) is 0 Å². The molecule has 0 aliphatic rings. The van der Waals surface area contributed by atoms with E-state index in [9.17, 15) is 18.3 Å². The van der Waals surface area contributed by atoms with Gasteiger partial charge in [0.05, 0.1) is 6.04 Å². The lowest BCUT2D eigenvalue weighted by molar-refractivity contribution is -0.210. The van der Waals surface area contributed by atoms with Crippen LogP contribution in [0.2, 0.25) is 0 Å². The van der Waals surface area contributed by atoms with Gasteiger partial charge in [-0.05, 0) is 18.6 Å². The fourth-order valence-corrected chi connectivity index (χ4v) is 1.31. The van der Waals surface area contributed by atoms with E-state index in [-0.39, 0.29) is 23.7 Å². The standard InChI is InChI=1S/C10H12F3NO2.ClH/c1-5-2-3-6(7(15)4-5)8(14)9(16)10(11,12)13;/h2-4,8-9,15-16H,14H2,1H3;1H/t8-,9-;/m1./s1. The smallest absolute Gasteiger partial charge is 0.416 e. The van der Waals surface area contributed by atoms with Crippen LogP contribution >= 0.6 is 12.4 Å². The van der Waals surface area contributed by atoms with E-state index >= 15 is 0 Å². The Hall–Kier alpha value is -0.980. The summed E-state index contributed by atoms with van der Waals surface area (Å²) >= 11 is 0. The van der Waals surface area contributed by atoms with E-state index in [4.69, 9.17) is 10.8 Å². The lowest BCUT2D eigenvalue weighted by atomic mass is 9.99. The molecule has 0 amide bonds. The highest BCUT2D eigenvalue weighted by Crippen LogP contribution is 2.32. The summed E-state index contributed by atoms with van der Waals surface area (Å²) in [5, 5.41) is 18.4. The molecule has 0 unspecified atom stereocenters. The Morgan fingerprint density at radius 1 is 1.29 bits per heavy atom. The molecule has 4 N–H and O–H groups in total. The van der Waals surface area contributed by atoms with Crippen molar-refractivity contribution in [3.05, 3.63) is 29.3 Å². The molecule has 0 bridgehead atoms. The third-order valence-corrected chi connectivity index (χ3v) is 2.22. The summed E-state index contributed by atoms with van der Waals surface area (Å²) in [5.41, 5.74) is 5.81. The quantitative estimate of drug-likeness (QED) is 0.771. The Morgan fingerprint density at radius 2 is 1.82 bits per heavy atom. The van der Waals surface area contributed by atoms with Gasteiger partial charge in [0.15, 0.2) is 6.10 Å². The zero-order valence-corrected chi connectivity index (χ0v) is 9.72. The number of aliphatic hydroxyl groups excluding tert-OH is 1. The fourth-order valence-electron chi connectivity index (χ4n) is 1.31. The van der Waals surface area contributed by atoms with Crippen LogP contribution in [0.1, 0.15) is 17.2 Å². The maximum Gasteiger partial charge on any atom is 0.416 e. The molecular weight excluding hydrogens is 259 g/mol. The second kappa shape index (κ2) is 5.57. The van der Waals surface area contributed by atoms with Crippen LogP contribution in [0.5, 0.6) is 5.75 Å². The van der Waals surface area contributed by atoms with Crippen molar-refractivity contribution >= 4 is 12.4 Å². The van der Waals surface area contributed by atoms with Gasteiger partial charge in [-0.25, -0.2) is 0 Å². The molecule has 7 heteroatoms. The van der Waals surface area contributed by atoms with Gasteiger partial charge in [-0.3, -0.25) is 0 Å². The number of halogens is 4. The molecule has 1 rings (SSSR count). The highest BCUT2D eigenvalue weighted by Gasteiger charge is 2.43. The number of alkyl halides is 3. The second-order valence-electron chi connectivity index (χ2n) is 3.57. The van der Waals surface area contributed by atoms with Gasteiger partial charge in [-0.15, -0.1) is 12.4 Å². The molecular formula is C10H13ClF3NO2. The molecule has 0 heterocycles. The third-order valence-electron chi connectivity index (χ3n) is 2.22. The third kappa shape index (κ3) is 3.76. The molecule has 0 saturated heterocycles. The van der Waals surface area contributed by atoms with E-state index in [2.05, 4.69) is 0 Å². The number of hydrogen-bond donors (Lipinski definition) is 3. The van der Waals surface area contributed by atoms with E-state index in [1.54, 1.807) is 6.92 Å². The van der Waals surface area contributed by atoms with Gasteiger partial charge >= 0.3 is 6.18 Å². The van der Waals surface area contributed by atoms with Crippen molar-refractivity contribution in [2.45, 2.75) is 25.2 Å². The summed E-state index contributed by atoms with van der Waals surface area (Å²) in [6, 6.07) is 2.38. The number of aromatic hydroxyl groups is 1. The van der Waals surface area contributed by atoms with Gasteiger partial charge in [0, 0.05) is 5.56 Å². The number of hydrogen-bond acceptors (Lipinski definition) is 3. The Bertz CT molecular complexity index is 384. The van der Waals surface area contributed by atoms with Crippen LogP contribution in [0.25, 0.3) is 0 Å². The van der Waals surface area contributed by atoms with Crippen LogP contribution in [0.15, 0.2) is 18.2 Å².